The van der Waals surface area contributed by atoms with Crippen molar-refractivity contribution in [3.05, 3.63) is 71.8 Å². The predicted octanol–water partition coefficient (Wildman–Crippen LogP) is 2.94. The summed E-state index contributed by atoms with van der Waals surface area (Å²) in [7, 11) is 3.47. The number of ether oxygens (including phenoxy) is 1. The zero-order valence-corrected chi connectivity index (χ0v) is 15.4. The van der Waals surface area contributed by atoms with E-state index in [9.17, 15) is 0 Å². The average Bonchev–Trinajstić information content (AvgIpc) is 3.23. The van der Waals surface area contributed by atoms with Crippen molar-refractivity contribution in [1.82, 2.24) is 10.6 Å². The van der Waals surface area contributed by atoms with Crippen LogP contribution in [0.4, 0.5) is 5.69 Å². The molecule has 0 bridgehead atoms. The Morgan fingerprint density at radius 2 is 1.81 bits per heavy atom. The van der Waals surface area contributed by atoms with Gasteiger partial charge in [-0.25, -0.2) is 0 Å². The minimum atomic E-state index is 0.656. The summed E-state index contributed by atoms with van der Waals surface area (Å²) in [5.41, 5.74) is 3.59. The molecular weight excluding hydrogens is 324 g/mol. The van der Waals surface area contributed by atoms with E-state index in [4.69, 9.17) is 4.74 Å². The first-order chi connectivity index (χ1) is 12.8. The highest BCUT2D eigenvalue weighted by atomic mass is 16.5. The van der Waals surface area contributed by atoms with Crippen LogP contribution >= 0.6 is 0 Å². The van der Waals surface area contributed by atoms with E-state index in [-0.39, 0.29) is 0 Å². The Hall–Kier alpha value is -2.95. The average molecular weight is 350 g/mol. The lowest BCUT2D eigenvalue weighted by molar-refractivity contribution is 0.409. The molecule has 1 aliphatic heterocycles. The Balaban J connectivity index is 1.55. The number of nitrogens with one attached hydrogen (secondary N) is 2. The van der Waals surface area contributed by atoms with Crippen LogP contribution < -0.4 is 20.3 Å². The number of guanidine groups is 1. The number of methoxy groups -OCH3 is 1. The van der Waals surface area contributed by atoms with Gasteiger partial charge in [-0.1, -0.05) is 42.5 Å². The molecule has 0 atom stereocenters. The maximum atomic E-state index is 5.39. The second-order valence-electron chi connectivity index (χ2n) is 6.14. The SMILES string of the molecule is CN=C(NCc1cccc(N2CC=CC2)c1)NCc1ccccc1OC. The second-order valence-corrected chi connectivity index (χ2v) is 6.14. The van der Waals surface area contributed by atoms with Gasteiger partial charge < -0.3 is 20.3 Å². The van der Waals surface area contributed by atoms with Crippen LogP contribution in [-0.4, -0.2) is 33.2 Å². The summed E-state index contributed by atoms with van der Waals surface area (Å²) in [6.07, 6.45) is 4.41. The molecule has 2 aromatic rings. The normalized spacial score (nSPS) is 13.8. The lowest BCUT2D eigenvalue weighted by Gasteiger charge is -2.19. The minimum absolute atomic E-state index is 0.656. The molecule has 0 amide bonds. The summed E-state index contributed by atoms with van der Waals surface area (Å²) < 4.78 is 5.39. The third kappa shape index (κ3) is 4.57. The van der Waals surface area contributed by atoms with Crippen molar-refractivity contribution in [2.45, 2.75) is 13.1 Å². The molecule has 2 N–H and O–H groups in total. The first-order valence-electron chi connectivity index (χ1n) is 8.85. The van der Waals surface area contributed by atoms with Gasteiger partial charge in [0.1, 0.15) is 5.75 Å². The zero-order chi connectivity index (χ0) is 18.2. The molecule has 0 aliphatic carbocycles. The summed E-state index contributed by atoms with van der Waals surface area (Å²) in [5, 5.41) is 6.71. The molecule has 0 unspecified atom stereocenters. The van der Waals surface area contributed by atoms with Crippen molar-refractivity contribution in [2.24, 2.45) is 4.99 Å². The largest absolute Gasteiger partial charge is 0.496 e. The number of rotatable bonds is 6. The van der Waals surface area contributed by atoms with Gasteiger partial charge in [0.15, 0.2) is 5.96 Å². The van der Waals surface area contributed by atoms with Gasteiger partial charge in [0.2, 0.25) is 0 Å². The van der Waals surface area contributed by atoms with E-state index < -0.39 is 0 Å². The van der Waals surface area contributed by atoms with Crippen molar-refractivity contribution < 1.29 is 4.74 Å². The van der Waals surface area contributed by atoms with E-state index >= 15 is 0 Å². The zero-order valence-electron chi connectivity index (χ0n) is 15.4. The third-order valence-electron chi connectivity index (χ3n) is 4.42. The maximum Gasteiger partial charge on any atom is 0.191 e. The molecule has 0 aromatic heterocycles. The van der Waals surface area contributed by atoms with Gasteiger partial charge in [0.25, 0.3) is 0 Å². The maximum absolute atomic E-state index is 5.39. The Kier molecular flexibility index (Phi) is 6.14. The number of nitrogens with zero attached hydrogens (tertiary/aromatic N) is 2. The van der Waals surface area contributed by atoms with Gasteiger partial charge in [-0.2, -0.15) is 0 Å². The Morgan fingerprint density at radius 1 is 1.04 bits per heavy atom. The summed E-state index contributed by atoms with van der Waals surface area (Å²) in [6, 6.07) is 16.6. The molecule has 0 radical (unpaired) electrons. The van der Waals surface area contributed by atoms with Crippen LogP contribution in [0.25, 0.3) is 0 Å². The standard InChI is InChI=1S/C21H26N4O/c1-22-21(24-16-18-9-3-4-11-20(18)26-2)23-15-17-8-7-10-19(14-17)25-12-5-6-13-25/h3-11,14H,12-13,15-16H2,1-2H3,(H2,22,23,24). The highest BCUT2D eigenvalue weighted by molar-refractivity contribution is 5.79. The molecule has 26 heavy (non-hydrogen) atoms. The van der Waals surface area contributed by atoms with Crippen LogP contribution in [0, 0.1) is 0 Å². The fourth-order valence-corrected chi connectivity index (χ4v) is 2.99. The van der Waals surface area contributed by atoms with Crippen LogP contribution in [-0.2, 0) is 13.1 Å². The third-order valence-corrected chi connectivity index (χ3v) is 4.42. The topological polar surface area (TPSA) is 48.9 Å². The number of hydrogen-bond donors (Lipinski definition) is 2. The van der Waals surface area contributed by atoms with Gasteiger partial charge >= 0.3 is 0 Å². The van der Waals surface area contributed by atoms with Gasteiger partial charge in [0, 0.05) is 44.5 Å². The molecule has 0 saturated carbocycles. The highest BCUT2D eigenvalue weighted by Crippen LogP contribution is 2.18. The predicted molar refractivity (Wildman–Crippen MR) is 108 cm³/mol. The number of para-hydroxylation sites is 1. The summed E-state index contributed by atoms with van der Waals surface area (Å²) in [4.78, 5) is 6.65. The molecule has 5 heteroatoms. The summed E-state index contributed by atoms with van der Waals surface area (Å²) in [6.45, 7) is 3.35. The molecule has 0 spiro atoms. The quantitative estimate of drug-likeness (QED) is 0.478. The van der Waals surface area contributed by atoms with E-state index in [0.717, 1.165) is 36.9 Å². The van der Waals surface area contributed by atoms with Crippen molar-refractivity contribution in [3.63, 3.8) is 0 Å². The van der Waals surface area contributed by atoms with Gasteiger partial charge in [-0.05, 0) is 23.8 Å². The van der Waals surface area contributed by atoms with Crippen LogP contribution in [0.2, 0.25) is 0 Å². The van der Waals surface area contributed by atoms with Gasteiger partial charge in [0.05, 0.1) is 7.11 Å². The highest BCUT2D eigenvalue weighted by Gasteiger charge is 2.08. The molecule has 1 aliphatic rings. The number of benzene rings is 2. The van der Waals surface area contributed by atoms with E-state index in [1.807, 2.05) is 24.3 Å². The molecule has 5 nitrogen and oxygen atoms in total. The number of anilines is 1. The van der Waals surface area contributed by atoms with E-state index in [1.54, 1.807) is 14.2 Å². The molecule has 0 fully saturated rings. The van der Waals surface area contributed by atoms with Crippen LogP contribution in [0.15, 0.2) is 65.7 Å². The van der Waals surface area contributed by atoms with E-state index in [1.165, 1.54) is 11.3 Å². The Labute approximate surface area is 155 Å². The molecule has 1 heterocycles. The lowest BCUT2D eigenvalue weighted by Crippen LogP contribution is -2.36. The van der Waals surface area contributed by atoms with Gasteiger partial charge in [-0.3, -0.25) is 4.99 Å². The lowest BCUT2D eigenvalue weighted by atomic mass is 10.2. The fourth-order valence-electron chi connectivity index (χ4n) is 2.99. The van der Waals surface area contributed by atoms with Gasteiger partial charge in [-0.15, -0.1) is 0 Å². The summed E-state index contributed by atoms with van der Waals surface area (Å²) in [5.74, 6) is 1.64. The van der Waals surface area contributed by atoms with Crippen molar-refractivity contribution in [1.29, 1.82) is 0 Å². The molecular formula is C21H26N4O. The first kappa shape index (κ1) is 17.9. The van der Waals surface area contributed by atoms with Crippen LogP contribution in [0.5, 0.6) is 5.75 Å². The van der Waals surface area contributed by atoms with Crippen molar-refractivity contribution in [3.8, 4) is 5.75 Å². The van der Waals surface area contributed by atoms with Crippen molar-refractivity contribution in [2.75, 3.05) is 32.1 Å². The van der Waals surface area contributed by atoms with E-state index in [0.29, 0.717) is 6.54 Å². The first-order valence-corrected chi connectivity index (χ1v) is 8.85. The Morgan fingerprint density at radius 3 is 2.58 bits per heavy atom. The second kappa shape index (κ2) is 8.94. The molecule has 3 rings (SSSR count). The molecule has 0 saturated heterocycles. The van der Waals surface area contributed by atoms with Crippen LogP contribution in [0.3, 0.4) is 0 Å². The molecule has 2 aromatic carbocycles. The molecule has 136 valence electrons. The monoisotopic (exact) mass is 350 g/mol. The fraction of sp³-hybridized carbons (Fsp3) is 0.286. The van der Waals surface area contributed by atoms with Crippen molar-refractivity contribution >= 4 is 11.6 Å². The minimum Gasteiger partial charge on any atom is -0.496 e. The summed E-state index contributed by atoms with van der Waals surface area (Å²) >= 11 is 0. The Bertz CT molecular complexity index is 777. The smallest absolute Gasteiger partial charge is 0.191 e. The number of aliphatic imine (C=N–C) groups is 1. The van der Waals surface area contributed by atoms with Crippen LogP contribution in [0.1, 0.15) is 11.1 Å². The van der Waals surface area contributed by atoms with E-state index in [2.05, 4.69) is 56.9 Å². The number of hydrogen-bond acceptors (Lipinski definition) is 3.